The van der Waals surface area contributed by atoms with Crippen LogP contribution in [0, 0.1) is 13.8 Å². The molecule has 0 fully saturated rings. The van der Waals surface area contributed by atoms with Crippen molar-refractivity contribution in [1.29, 1.82) is 0 Å². The van der Waals surface area contributed by atoms with Gasteiger partial charge in [-0.25, -0.2) is 0 Å². The second-order valence-electron chi connectivity index (χ2n) is 6.43. The number of hydrogen-bond acceptors (Lipinski definition) is 4. The van der Waals surface area contributed by atoms with Crippen LogP contribution in [-0.2, 0) is 6.54 Å². The lowest BCUT2D eigenvalue weighted by atomic mass is 10.1. The number of H-pyrrole nitrogens is 1. The summed E-state index contributed by atoms with van der Waals surface area (Å²) in [4.78, 5) is 30.1. The van der Waals surface area contributed by atoms with Gasteiger partial charge in [0.1, 0.15) is 5.65 Å². The summed E-state index contributed by atoms with van der Waals surface area (Å²) in [6.45, 7) is 6.52. The highest BCUT2D eigenvalue weighted by molar-refractivity contribution is 5.99. The van der Waals surface area contributed by atoms with E-state index in [4.69, 9.17) is 5.73 Å². The Morgan fingerprint density at radius 3 is 2.73 bits per heavy atom. The van der Waals surface area contributed by atoms with E-state index in [1.165, 1.54) is 4.52 Å². The van der Waals surface area contributed by atoms with Crippen LogP contribution < -0.4 is 11.3 Å². The van der Waals surface area contributed by atoms with Crippen molar-refractivity contribution in [3.8, 4) is 0 Å². The van der Waals surface area contributed by atoms with E-state index in [9.17, 15) is 9.59 Å². The summed E-state index contributed by atoms with van der Waals surface area (Å²) in [5.74, 6) is -0.138. The number of nitrogens with one attached hydrogen (secondary N) is 1. The first-order valence-corrected chi connectivity index (χ1v) is 8.64. The predicted octanol–water partition coefficient (Wildman–Crippen LogP) is 2.27. The van der Waals surface area contributed by atoms with Gasteiger partial charge < -0.3 is 15.6 Å². The second-order valence-corrected chi connectivity index (χ2v) is 6.43. The average Bonchev–Trinajstić information content (AvgIpc) is 3.02. The van der Waals surface area contributed by atoms with Crippen LogP contribution in [0.1, 0.15) is 40.7 Å². The Labute approximate surface area is 151 Å². The van der Waals surface area contributed by atoms with Gasteiger partial charge >= 0.3 is 0 Å². The zero-order valence-corrected chi connectivity index (χ0v) is 15.2. The van der Waals surface area contributed by atoms with Crippen molar-refractivity contribution in [1.82, 2.24) is 19.5 Å². The van der Waals surface area contributed by atoms with Crippen molar-refractivity contribution in [3.05, 3.63) is 63.2 Å². The number of anilines is 1. The first-order chi connectivity index (χ1) is 12.4. The van der Waals surface area contributed by atoms with Crippen LogP contribution in [0.2, 0.25) is 0 Å². The number of nitrogens with two attached hydrogens (primary N) is 1. The maximum Gasteiger partial charge on any atom is 0.277 e. The molecular formula is C19H23N5O2. The molecule has 0 spiro atoms. The van der Waals surface area contributed by atoms with Gasteiger partial charge in [0.2, 0.25) is 0 Å². The molecule has 1 aromatic carbocycles. The number of benzene rings is 1. The lowest BCUT2D eigenvalue weighted by molar-refractivity contribution is 0.0742. The third-order valence-electron chi connectivity index (χ3n) is 4.48. The molecule has 3 rings (SSSR count). The summed E-state index contributed by atoms with van der Waals surface area (Å²) in [7, 11) is 0. The molecule has 3 aromatic rings. The summed E-state index contributed by atoms with van der Waals surface area (Å²) in [5, 5.41) is 4.38. The summed E-state index contributed by atoms with van der Waals surface area (Å²) in [5.41, 5.74) is 9.45. The molecule has 0 bridgehead atoms. The monoisotopic (exact) mass is 353 g/mol. The first-order valence-electron chi connectivity index (χ1n) is 8.64. The molecule has 0 atom stereocenters. The molecule has 0 aliphatic heterocycles. The number of nitrogens with zero attached hydrogens (tertiary/aromatic N) is 3. The Morgan fingerprint density at radius 2 is 2.04 bits per heavy atom. The minimum Gasteiger partial charge on any atom is -0.398 e. The number of carbonyl (C=O) groups is 1. The highest BCUT2D eigenvalue weighted by Gasteiger charge is 2.19. The number of aromatic amines is 1. The number of amides is 1. The molecule has 0 aliphatic rings. The lowest BCUT2D eigenvalue weighted by Gasteiger charge is -2.21. The molecule has 0 saturated carbocycles. The topological polar surface area (TPSA) is 96.5 Å². The zero-order valence-electron chi connectivity index (χ0n) is 15.2. The largest absolute Gasteiger partial charge is 0.398 e. The van der Waals surface area contributed by atoms with Gasteiger partial charge in [-0.3, -0.25) is 9.59 Å². The van der Waals surface area contributed by atoms with Gasteiger partial charge in [-0.05, 0) is 32.4 Å². The fourth-order valence-corrected chi connectivity index (χ4v) is 2.94. The van der Waals surface area contributed by atoms with Gasteiger partial charge in [0.25, 0.3) is 11.5 Å². The van der Waals surface area contributed by atoms with Crippen LogP contribution in [0.5, 0.6) is 0 Å². The summed E-state index contributed by atoms with van der Waals surface area (Å²) >= 11 is 0. The normalized spacial score (nSPS) is 11.0. The lowest BCUT2D eigenvalue weighted by Crippen LogP contribution is -2.32. The molecular weight excluding hydrogens is 330 g/mol. The van der Waals surface area contributed by atoms with Crippen LogP contribution in [-0.4, -0.2) is 31.9 Å². The Hall–Kier alpha value is -3.09. The molecule has 0 saturated heterocycles. The molecule has 3 N–H and O–H groups in total. The number of hydrogen-bond donors (Lipinski definition) is 2. The molecule has 1 amide bonds. The quantitative estimate of drug-likeness (QED) is 0.688. The van der Waals surface area contributed by atoms with Crippen LogP contribution >= 0.6 is 0 Å². The number of carbonyl (C=O) groups excluding carboxylic acids is 1. The van der Waals surface area contributed by atoms with E-state index in [-0.39, 0.29) is 11.5 Å². The van der Waals surface area contributed by atoms with Crippen molar-refractivity contribution < 1.29 is 4.79 Å². The van der Waals surface area contributed by atoms with Crippen molar-refractivity contribution in [2.24, 2.45) is 0 Å². The average molecular weight is 353 g/mol. The fraction of sp³-hybridized carbons (Fsp3) is 0.316. The van der Waals surface area contributed by atoms with E-state index in [1.54, 1.807) is 42.2 Å². The molecule has 136 valence electrons. The molecule has 2 heterocycles. The molecule has 7 nitrogen and oxygen atoms in total. The number of aryl methyl sites for hydroxylation is 1. The standard InChI is InChI=1S/C19H23N5O2/c1-4-9-23(19(26)15-7-5-6-8-16(15)20)11-14-10-17-21-13(3)12(2)18(25)24(17)22-14/h5-8,10,21H,4,9,11,20H2,1-3H3. The highest BCUT2D eigenvalue weighted by Crippen LogP contribution is 2.16. The third kappa shape index (κ3) is 3.20. The molecule has 7 heteroatoms. The van der Waals surface area contributed by atoms with Crippen LogP contribution in [0.25, 0.3) is 5.65 Å². The summed E-state index contributed by atoms with van der Waals surface area (Å²) in [6.07, 6.45) is 0.809. The Morgan fingerprint density at radius 1 is 1.31 bits per heavy atom. The zero-order chi connectivity index (χ0) is 18.8. The van der Waals surface area contributed by atoms with Crippen molar-refractivity contribution in [3.63, 3.8) is 0 Å². The van der Waals surface area contributed by atoms with Crippen LogP contribution in [0.4, 0.5) is 5.69 Å². The smallest absolute Gasteiger partial charge is 0.277 e. The maximum atomic E-state index is 12.9. The van der Waals surface area contributed by atoms with E-state index in [0.29, 0.717) is 41.2 Å². The van der Waals surface area contributed by atoms with Gasteiger partial charge in [-0.1, -0.05) is 19.1 Å². The number of rotatable bonds is 5. The van der Waals surface area contributed by atoms with Gasteiger partial charge in [0.05, 0.1) is 17.8 Å². The number of aromatic nitrogens is 3. The number of fused-ring (bicyclic) bond motifs is 1. The molecule has 26 heavy (non-hydrogen) atoms. The van der Waals surface area contributed by atoms with E-state index in [2.05, 4.69) is 10.1 Å². The van der Waals surface area contributed by atoms with Crippen molar-refractivity contribution in [2.75, 3.05) is 12.3 Å². The predicted molar refractivity (Wildman–Crippen MR) is 101 cm³/mol. The summed E-state index contributed by atoms with van der Waals surface area (Å²) in [6, 6.07) is 8.84. The van der Waals surface area contributed by atoms with Crippen molar-refractivity contribution >= 4 is 17.2 Å². The molecule has 0 aliphatic carbocycles. The molecule has 2 aromatic heterocycles. The van der Waals surface area contributed by atoms with Crippen LogP contribution in [0.15, 0.2) is 35.1 Å². The third-order valence-corrected chi connectivity index (χ3v) is 4.48. The Bertz CT molecular complexity index is 1020. The minimum absolute atomic E-state index is 0.138. The first kappa shape index (κ1) is 17.7. The highest BCUT2D eigenvalue weighted by atomic mass is 16.2. The fourth-order valence-electron chi connectivity index (χ4n) is 2.94. The van der Waals surface area contributed by atoms with E-state index in [0.717, 1.165) is 12.1 Å². The van der Waals surface area contributed by atoms with E-state index in [1.807, 2.05) is 13.8 Å². The SMILES string of the molecule is CCCN(Cc1cc2[nH]c(C)c(C)c(=O)n2n1)C(=O)c1ccccc1N. The summed E-state index contributed by atoms with van der Waals surface area (Å²) < 4.78 is 1.35. The second kappa shape index (κ2) is 7.03. The molecule has 0 radical (unpaired) electrons. The molecule has 0 unspecified atom stereocenters. The minimum atomic E-state index is -0.150. The number of nitrogen functional groups attached to an aromatic ring is 1. The van der Waals surface area contributed by atoms with Gasteiger partial charge in [0, 0.05) is 29.6 Å². The maximum absolute atomic E-state index is 12.9. The van der Waals surface area contributed by atoms with E-state index < -0.39 is 0 Å². The van der Waals surface area contributed by atoms with Crippen molar-refractivity contribution in [2.45, 2.75) is 33.7 Å². The number of para-hydroxylation sites is 1. The Kier molecular flexibility index (Phi) is 4.79. The van der Waals surface area contributed by atoms with E-state index >= 15 is 0 Å². The van der Waals surface area contributed by atoms with Gasteiger partial charge in [-0.2, -0.15) is 9.61 Å². The van der Waals surface area contributed by atoms with Gasteiger partial charge in [0.15, 0.2) is 0 Å². The van der Waals surface area contributed by atoms with Gasteiger partial charge in [-0.15, -0.1) is 0 Å². The van der Waals surface area contributed by atoms with Crippen LogP contribution in [0.3, 0.4) is 0 Å². The Balaban J connectivity index is 1.95.